The highest BCUT2D eigenvalue weighted by Crippen LogP contribution is 2.26. The van der Waals surface area contributed by atoms with E-state index in [0.29, 0.717) is 5.75 Å². The summed E-state index contributed by atoms with van der Waals surface area (Å²) < 4.78 is 6.30. The average Bonchev–Trinajstić information content (AvgIpc) is 2.31. The van der Waals surface area contributed by atoms with E-state index in [4.69, 9.17) is 4.74 Å². The molecule has 0 heterocycles. The Bertz CT molecular complexity index is 503. The molecule has 1 aromatic rings. The summed E-state index contributed by atoms with van der Waals surface area (Å²) in [7, 11) is 0. The van der Waals surface area contributed by atoms with Crippen LogP contribution in [0.1, 0.15) is 26.3 Å². The first-order valence-electron chi connectivity index (χ1n) is 6.33. The number of ether oxygens (including phenoxy) is 1. The van der Waals surface area contributed by atoms with Crippen molar-refractivity contribution < 1.29 is 14.3 Å². The van der Waals surface area contributed by atoms with Crippen LogP contribution < -0.4 is 15.4 Å². The number of imide groups is 1. The number of nitrogens with one attached hydrogen (secondary N) is 2. The van der Waals surface area contributed by atoms with Crippen LogP contribution in [0.2, 0.25) is 0 Å². The van der Waals surface area contributed by atoms with Gasteiger partial charge in [-0.1, -0.05) is 6.07 Å². The molecule has 1 atom stereocenters. The van der Waals surface area contributed by atoms with Gasteiger partial charge in [0.2, 0.25) is 0 Å². The van der Waals surface area contributed by atoms with E-state index < -0.39 is 18.0 Å². The highest BCUT2D eigenvalue weighted by molar-refractivity contribution is 9.10. The van der Waals surface area contributed by atoms with Crippen LogP contribution in [0.5, 0.6) is 5.75 Å². The van der Waals surface area contributed by atoms with Gasteiger partial charge in [0.15, 0.2) is 6.10 Å². The third-order valence-electron chi connectivity index (χ3n) is 2.42. The van der Waals surface area contributed by atoms with Crippen LogP contribution in [-0.4, -0.2) is 24.1 Å². The van der Waals surface area contributed by atoms with E-state index in [-0.39, 0.29) is 6.04 Å². The molecule has 1 aromatic carbocycles. The lowest BCUT2D eigenvalue weighted by Crippen LogP contribution is -2.47. The molecule has 0 saturated heterocycles. The van der Waals surface area contributed by atoms with E-state index in [2.05, 4.69) is 26.6 Å². The van der Waals surface area contributed by atoms with Crippen molar-refractivity contribution >= 4 is 27.9 Å². The number of aryl methyl sites for hydroxylation is 1. The molecule has 0 aliphatic rings. The van der Waals surface area contributed by atoms with Gasteiger partial charge in [0.25, 0.3) is 5.91 Å². The molecule has 0 radical (unpaired) electrons. The van der Waals surface area contributed by atoms with E-state index in [1.807, 2.05) is 32.9 Å². The fourth-order valence-corrected chi connectivity index (χ4v) is 2.04. The molecule has 5 nitrogen and oxygen atoms in total. The minimum absolute atomic E-state index is 0.0368. The largest absolute Gasteiger partial charge is 0.480 e. The maximum absolute atomic E-state index is 11.8. The molecule has 0 bridgehead atoms. The number of hydrogen-bond donors (Lipinski definition) is 2. The van der Waals surface area contributed by atoms with Gasteiger partial charge in [-0.15, -0.1) is 0 Å². The molecule has 3 amide bonds. The fraction of sp³-hybridized carbons (Fsp3) is 0.429. The highest BCUT2D eigenvalue weighted by atomic mass is 79.9. The lowest BCUT2D eigenvalue weighted by molar-refractivity contribution is -0.126. The summed E-state index contributed by atoms with van der Waals surface area (Å²) in [5, 5.41) is 4.81. The van der Waals surface area contributed by atoms with Crippen molar-refractivity contribution in [1.29, 1.82) is 0 Å². The maximum atomic E-state index is 11.8. The number of halogens is 1. The van der Waals surface area contributed by atoms with Gasteiger partial charge in [-0.2, -0.15) is 0 Å². The molecular formula is C14H19BrN2O3. The predicted octanol–water partition coefficient (Wildman–Crippen LogP) is 2.76. The zero-order valence-electron chi connectivity index (χ0n) is 12.0. The van der Waals surface area contributed by atoms with Gasteiger partial charge in [-0.3, -0.25) is 10.1 Å². The van der Waals surface area contributed by atoms with Crippen molar-refractivity contribution in [2.24, 2.45) is 0 Å². The Morgan fingerprint density at radius 2 is 1.90 bits per heavy atom. The Hall–Kier alpha value is -1.56. The quantitative estimate of drug-likeness (QED) is 0.883. The SMILES string of the molecule is Cc1ccc(O[C@@H](C)C(=O)NC(=O)NC(C)C)c(Br)c1. The smallest absolute Gasteiger partial charge is 0.321 e. The van der Waals surface area contributed by atoms with Gasteiger partial charge in [0.1, 0.15) is 5.75 Å². The van der Waals surface area contributed by atoms with Crippen LogP contribution >= 0.6 is 15.9 Å². The molecule has 0 aliphatic heterocycles. The van der Waals surface area contributed by atoms with Crippen molar-refractivity contribution in [1.82, 2.24) is 10.6 Å². The second-order valence-corrected chi connectivity index (χ2v) is 5.67. The van der Waals surface area contributed by atoms with Crippen LogP contribution in [0.15, 0.2) is 22.7 Å². The zero-order valence-corrected chi connectivity index (χ0v) is 13.6. The number of hydrogen-bond acceptors (Lipinski definition) is 3. The standard InChI is InChI=1S/C14H19BrN2O3/c1-8(2)16-14(19)17-13(18)10(4)20-12-6-5-9(3)7-11(12)15/h5-8,10H,1-4H3,(H2,16,17,18,19)/t10-/m0/s1. The second-order valence-electron chi connectivity index (χ2n) is 4.81. The topological polar surface area (TPSA) is 67.4 Å². The lowest BCUT2D eigenvalue weighted by atomic mass is 10.2. The number of rotatable bonds is 4. The van der Waals surface area contributed by atoms with Crippen molar-refractivity contribution in [3.05, 3.63) is 28.2 Å². The van der Waals surface area contributed by atoms with E-state index >= 15 is 0 Å². The van der Waals surface area contributed by atoms with Gasteiger partial charge in [0.05, 0.1) is 4.47 Å². The molecule has 0 fully saturated rings. The summed E-state index contributed by atoms with van der Waals surface area (Å²) in [5.74, 6) is 0.0677. The van der Waals surface area contributed by atoms with Crippen molar-refractivity contribution in [2.75, 3.05) is 0 Å². The van der Waals surface area contributed by atoms with Crippen molar-refractivity contribution in [3.63, 3.8) is 0 Å². The predicted molar refractivity (Wildman–Crippen MR) is 80.8 cm³/mol. The van der Waals surface area contributed by atoms with Gasteiger partial charge in [-0.25, -0.2) is 4.79 Å². The molecule has 2 N–H and O–H groups in total. The summed E-state index contributed by atoms with van der Waals surface area (Å²) in [5.41, 5.74) is 1.08. The minimum Gasteiger partial charge on any atom is -0.480 e. The first kappa shape index (κ1) is 16.5. The molecule has 1 rings (SSSR count). The summed E-state index contributed by atoms with van der Waals surface area (Å²) in [6, 6.07) is 4.99. The van der Waals surface area contributed by atoms with Gasteiger partial charge >= 0.3 is 6.03 Å². The summed E-state index contributed by atoms with van der Waals surface area (Å²) in [6.07, 6.45) is -0.771. The Morgan fingerprint density at radius 1 is 1.25 bits per heavy atom. The number of benzene rings is 1. The molecule has 0 saturated carbocycles. The fourth-order valence-electron chi connectivity index (χ4n) is 1.46. The van der Waals surface area contributed by atoms with E-state index in [1.165, 1.54) is 0 Å². The third kappa shape index (κ3) is 5.21. The lowest BCUT2D eigenvalue weighted by Gasteiger charge is -2.16. The molecule has 20 heavy (non-hydrogen) atoms. The second kappa shape index (κ2) is 7.28. The number of amides is 3. The van der Waals surface area contributed by atoms with Crippen LogP contribution in [-0.2, 0) is 4.79 Å². The van der Waals surface area contributed by atoms with E-state index in [9.17, 15) is 9.59 Å². The van der Waals surface area contributed by atoms with Crippen LogP contribution in [0, 0.1) is 6.92 Å². The molecule has 0 aromatic heterocycles. The maximum Gasteiger partial charge on any atom is 0.321 e. The monoisotopic (exact) mass is 342 g/mol. The molecule has 0 aliphatic carbocycles. The van der Waals surface area contributed by atoms with Gasteiger partial charge < -0.3 is 10.1 Å². The van der Waals surface area contributed by atoms with E-state index in [0.717, 1.165) is 10.0 Å². The van der Waals surface area contributed by atoms with Crippen LogP contribution in [0.4, 0.5) is 4.79 Å². The molecule has 6 heteroatoms. The van der Waals surface area contributed by atoms with Crippen molar-refractivity contribution in [3.8, 4) is 5.75 Å². The molecule has 0 spiro atoms. The Kier molecular flexibility index (Phi) is 6.01. The molecular weight excluding hydrogens is 324 g/mol. The zero-order chi connectivity index (χ0) is 15.3. The molecule has 110 valence electrons. The van der Waals surface area contributed by atoms with Gasteiger partial charge in [-0.05, 0) is 61.3 Å². The summed E-state index contributed by atoms with van der Waals surface area (Å²) in [4.78, 5) is 23.2. The highest BCUT2D eigenvalue weighted by Gasteiger charge is 2.18. The normalized spacial score (nSPS) is 11.9. The summed E-state index contributed by atoms with van der Waals surface area (Å²) >= 11 is 3.37. The minimum atomic E-state index is -0.771. The third-order valence-corrected chi connectivity index (χ3v) is 3.04. The van der Waals surface area contributed by atoms with E-state index in [1.54, 1.807) is 13.0 Å². The molecule has 0 unspecified atom stereocenters. The van der Waals surface area contributed by atoms with Crippen LogP contribution in [0.25, 0.3) is 0 Å². The van der Waals surface area contributed by atoms with Gasteiger partial charge in [0, 0.05) is 6.04 Å². The van der Waals surface area contributed by atoms with Crippen LogP contribution in [0.3, 0.4) is 0 Å². The summed E-state index contributed by atoms with van der Waals surface area (Å²) in [6.45, 7) is 7.17. The Balaban J connectivity index is 2.59. The first-order chi connectivity index (χ1) is 9.29. The first-order valence-corrected chi connectivity index (χ1v) is 7.13. The Labute approximate surface area is 127 Å². The number of carbonyl (C=O) groups excluding carboxylic acids is 2. The number of urea groups is 1. The average molecular weight is 343 g/mol. The Morgan fingerprint density at radius 3 is 2.45 bits per heavy atom. The number of carbonyl (C=O) groups is 2. The van der Waals surface area contributed by atoms with Crippen molar-refractivity contribution in [2.45, 2.75) is 39.8 Å².